The lowest BCUT2D eigenvalue weighted by Gasteiger charge is -2.05. The molecule has 1 amide bonds. The summed E-state index contributed by atoms with van der Waals surface area (Å²) in [6.45, 7) is 0. The van der Waals surface area contributed by atoms with Crippen LogP contribution in [0.5, 0.6) is 0 Å². The summed E-state index contributed by atoms with van der Waals surface area (Å²) in [6.07, 6.45) is 6.44. The lowest BCUT2D eigenvalue weighted by molar-refractivity contribution is -0.111. The molecule has 0 spiro atoms. The van der Waals surface area contributed by atoms with Crippen LogP contribution in [0.2, 0.25) is 0 Å². The van der Waals surface area contributed by atoms with E-state index in [1.807, 2.05) is 12.1 Å². The third kappa shape index (κ3) is 4.15. The zero-order chi connectivity index (χ0) is 17.9. The molecule has 2 aromatic rings. The Kier molecular flexibility index (Phi) is 5.01. The predicted octanol–water partition coefficient (Wildman–Crippen LogP) is 2.74. The molecule has 1 aliphatic rings. The molecular weight excluding hydrogens is 336 g/mol. The number of anilines is 1. The van der Waals surface area contributed by atoms with Crippen LogP contribution in [-0.4, -0.2) is 21.4 Å². The summed E-state index contributed by atoms with van der Waals surface area (Å²) >= 11 is 0. The summed E-state index contributed by atoms with van der Waals surface area (Å²) in [5.41, 5.74) is 4.22. The third-order valence-corrected chi connectivity index (χ3v) is 5.68. The van der Waals surface area contributed by atoms with Crippen molar-refractivity contribution in [3.05, 3.63) is 65.2 Å². The molecule has 0 unspecified atom stereocenters. The summed E-state index contributed by atoms with van der Waals surface area (Å²) in [5.74, 6) is -0.218. The predicted molar refractivity (Wildman–Crippen MR) is 98.8 cm³/mol. The van der Waals surface area contributed by atoms with Crippen LogP contribution in [0.25, 0.3) is 6.08 Å². The summed E-state index contributed by atoms with van der Waals surface area (Å²) < 4.78 is 25.6. The molecule has 3 rings (SSSR count). The minimum absolute atomic E-state index is 0.190. The maximum atomic E-state index is 12.1. The zero-order valence-corrected chi connectivity index (χ0v) is 14.8. The van der Waals surface area contributed by atoms with Crippen molar-refractivity contribution in [2.24, 2.45) is 0 Å². The Morgan fingerprint density at radius 2 is 1.76 bits per heavy atom. The molecule has 0 fully saturated rings. The number of hydrogen-bond acceptors (Lipinski definition) is 3. The lowest BCUT2D eigenvalue weighted by atomic mass is 10.1. The third-order valence-electron chi connectivity index (χ3n) is 4.25. The molecule has 0 bridgehead atoms. The first-order valence-electron chi connectivity index (χ1n) is 8.12. The normalized spacial score (nSPS) is 13.8. The largest absolute Gasteiger partial charge is 0.323 e. The van der Waals surface area contributed by atoms with Gasteiger partial charge in [0.1, 0.15) is 0 Å². The Labute approximate surface area is 147 Å². The topological polar surface area (TPSA) is 75.3 Å². The van der Waals surface area contributed by atoms with Crippen LogP contribution in [0.4, 0.5) is 5.69 Å². The highest BCUT2D eigenvalue weighted by molar-refractivity contribution is 7.89. The van der Waals surface area contributed by atoms with E-state index < -0.39 is 10.0 Å². The zero-order valence-electron chi connectivity index (χ0n) is 14.0. The first kappa shape index (κ1) is 17.4. The summed E-state index contributed by atoms with van der Waals surface area (Å²) in [5, 5.41) is 2.86. The molecule has 25 heavy (non-hydrogen) atoms. The monoisotopic (exact) mass is 356 g/mol. The van der Waals surface area contributed by atoms with Crippen LogP contribution in [0.15, 0.2) is 53.4 Å². The van der Waals surface area contributed by atoms with E-state index in [9.17, 15) is 13.2 Å². The summed E-state index contributed by atoms with van der Waals surface area (Å²) in [7, 11) is -2.08. The molecular formula is C19H20N2O3S. The van der Waals surface area contributed by atoms with Crippen molar-refractivity contribution >= 4 is 27.7 Å². The van der Waals surface area contributed by atoms with Crippen LogP contribution in [-0.2, 0) is 27.7 Å². The van der Waals surface area contributed by atoms with Crippen LogP contribution in [0, 0.1) is 0 Å². The number of aryl methyl sites for hydroxylation is 2. The van der Waals surface area contributed by atoms with Gasteiger partial charge in [0.05, 0.1) is 4.90 Å². The molecule has 0 saturated carbocycles. The van der Waals surface area contributed by atoms with Gasteiger partial charge in [0.15, 0.2) is 0 Å². The van der Waals surface area contributed by atoms with E-state index >= 15 is 0 Å². The Bertz CT molecular complexity index is 916. The van der Waals surface area contributed by atoms with Gasteiger partial charge in [-0.1, -0.05) is 18.2 Å². The molecule has 0 atom stereocenters. The van der Waals surface area contributed by atoms with Gasteiger partial charge in [-0.25, -0.2) is 13.1 Å². The second-order valence-corrected chi connectivity index (χ2v) is 7.82. The Hall–Kier alpha value is -2.44. The van der Waals surface area contributed by atoms with Crippen molar-refractivity contribution in [2.75, 3.05) is 12.4 Å². The minimum atomic E-state index is -3.45. The number of carbonyl (C=O) groups excluding carboxylic acids is 1. The molecule has 5 nitrogen and oxygen atoms in total. The highest BCUT2D eigenvalue weighted by Crippen LogP contribution is 2.24. The van der Waals surface area contributed by atoms with Crippen molar-refractivity contribution in [1.29, 1.82) is 0 Å². The van der Waals surface area contributed by atoms with Gasteiger partial charge >= 0.3 is 0 Å². The van der Waals surface area contributed by atoms with Crippen LogP contribution in [0.3, 0.4) is 0 Å². The maximum absolute atomic E-state index is 12.1. The highest BCUT2D eigenvalue weighted by Gasteiger charge is 2.11. The van der Waals surface area contributed by atoms with E-state index in [1.54, 1.807) is 18.2 Å². The van der Waals surface area contributed by atoms with Gasteiger partial charge in [0.2, 0.25) is 15.9 Å². The van der Waals surface area contributed by atoms with E-state index in [-0.39, 0.29) is 10.8 Å². The van der Waals surface area contributed by atoms with Crippen molar-refractivity contribution in [3.8, 4) is 0 Å². The van der Waals surface area contributed by atoms with Crippen LogP contribution >= 0.6 is 0 Å². The summed E-state index contributed by atoms with van der Waals surface area (Å²) in [4.78, 5) is 12.2. The fraction of sp³-hybridized carbons (Fsp3) is 0.211. The number of hydrogen-bond donors (Lipinski definition) is 2. The van der Waals surface area contributed by atoms with Gasteiger partial charge in [0.25, 0.3) is 0 Å². The Morgan fingerprint density at radius 3 is 2.48 bits per heavy atom. The molecule has 0 saturated heterocycles. The van der Waals surface area contributed by atoms with Gasteiger partial charge in [-0.3, -0.25) is 4.79 Å². The first-order valence-corrected chi connectivity index (χ1v) is 9.61. The Morgan fingerprint density at radius 1 is 1.04 bits per heavy atom. The summed E-state index contributed by atoms with van der Waals surface area (Å²) in [6, 6.07) is 12.3. The SMILES string of the molecule is CNS(=O)(=O)c1ccc(C=CC(=O)Nc2ccc3c(c2)CCC3)cc1. The average Bonchev–Trinajstić information content (AvgIpc) is 3.08. The van der Waals surface area contributed by atoms with Gasteiger partial charge in [-0.05, 0) is 73.3 Å². The molecule has 130 valence electrons. The van der Waals surface area contributed by atoms with Crippen molar-refractivity contribution in [1.82, 2.24) is 4.72 Å². The number of sulfonamides is 1. The van der Waals surface area contributed by atoms with Crippen LogP contribution < -0.4 is 10.0 Å². The molecule has 6 heteroatoms. The Balaban J connectivity index is 1.64. The molecule has 2 N–H and O–H groups in total. The molecule has 0 aliphatic heterocycles. The van der Waals surface area contributed by atoms with E-state index in [0.29, 0.717) is 0 Å². The van der Waals surface area contributed by atoms with E-state index in [1.165, 1.54) is 42.8 Å². The van der Waals surface area contributed by atoms with Gasteiger partial charge < -0.3 is 5.32 Å². The smallest absolute Gasteiger partial charge is 0.248 e. The molecule has 0 aromatic heterocycles. The molecule has 1 aliphatic carbocycles. The van der Waals surface area contributed by atoms with Crippen molar-refractivity contribution < 1.29 is 13.2 Å². The van der Waals surface area contributed by atoms with Crippen molar-refractivity contribution in [3.63, 3.8) is 0 Å². The minimum Gasteiger partial charge on any atom is -0.323 e. The fourth-order valence-corrected chi connectivity index (χ4v) is 3.61. The molecule has 2 aromatic carbocycles. The number of rotatable bonds is 5. The van der Waals surface area contributed by atoms with Gasteiger partial charge in [-0.2, -0.15) is 0 Å². The number of nitrogens with one attached hydrogen (secondary N) is 2. The van der Waals surface area contributed by atoms with Gasteiger partial charge in [-0.15, -0.1) is 0 Å². The number of amides is 1. The second-order valence-electron chi connectivity index (χ2n) is 5.94. The second kappa shape index (κ2) is 7.21. The van der Waals surface area contributed by atoms with E-state index in [4.69, 9.17) is 0 Å². The van der Waals surface area contributed by atoms with Crippen LogP contribution in [0.1, 0.15) is 23.1 Å². The lowest BCUT2D eigenvalue weighted by Crippen LogP contribution is -2.18. The number of benzene rings is 2. The van der Waals surface area contributed by atoms with E-state index in [0.717, 1.165) is 24.1 Å². The average molecular weight is 356 g/mol. The van der Waals surface area contributed by atoms with Crippen molar-refractivity contribution in [2.45, 2.75) is 24.2 Å². The van der Waals surface area contributed by atoms with Gasteiger partial charge in [0, 0.05) is 11.8 Å². The molecule has 0 radical (unpaired) electrons. The first-order chi connectivity index (χ1) is 12.0. The highest BCUT2D eigenvalue weighted by atomic mass is 32.2. The number of carbonyl (C=O) groups is 1. The number of fused-ring (bicyclic) bond motifs is 1. The maximum Gasteiger partial charge on any atom is 0.248 e. The fourth-order valence-electron chi connectivity index (χ4n) is 2.88. The standard InChI is InChI=1S/C19H20N2O3S/c1-20-25(23,24)18-10-5-14(6-11-18)7-12-19(22)21-17-9-8-15-3-2-4-16(15)13-17/h5-13,20H,2-4H2,1H3,(H,21,22). The molecule has 0 heterocycles. The quantitative estimate of drug-likeness (QED) is 0.809. The van der Waals surface area contributed by atoms with E-state index in [2.05, 4.69) is 16.1 Å².